The van der Waals surface area contributed by atoms with E-state index in [0.717, 1.165) is 5.56 Å². The van der Waals surface area contributed by atoms with Gasteiger partial charge in [0.25, 0.3) is 5.56 Å². The normalized spacial score (nSPS) is 12.7. The van der Waals surface area contributed by atoms with E-state index in [2.05, 4.69) is 39.9 Å². The van der Waals surface area contributed by atoms with Crippen LogP contribution >= 0.6 is 11.3 Å². The number of hydrogen-bond donors (Lipinski definition) is 2. The average Bonchev–Trinajstić information content (AvgIpc) is 2.93. The molecule has 1 aromatic carbocycles. The minimum absolute atomic E-state index is 0.0238. The summed E-state index contributed by atoms with van der Waals surface area (Å²) in [5.41, 5.74) is 0.409. The first-order chi connectivity index (χ1) is 11.0. The lowest BCUT2D eigenvalue weighted by molar-refractivity contribution is 0.546. The van der Waals surface area contributed by atoms with E-state index in [0.29, 0.717) is 5.82 Å². The zero-order valence-corrected chi connectivity index (χ0v) is 14.1. The Morgan fingerprint density at radius 3 is 2.61 bits per heavy atom. The van der Waals surface area contributed by atoms with Crippen molar-refractivity contribution in [3.63, 3.8) is 0 Å². The zero-order valence-electron chi connectivity index (χ0n) is 13.3. The van der Waals surface area contributed by atoms with E-state index >= 15 is 0 Å². The molecule has 0 radical (unpaired) electrons. The van der Waals surface area contributed by atoms with E-state index in [9.17, 15) is 9.59 Å². The Labute approximate surface area is 137 Å². The minimum Gasteiger partial charge on any atom is -0.365 e. The molecule has 0 aliphatic carbocycles. The molecule has 3 aromatic rings. The molecule has 2 aromatic heterocycles. The standard InChI is InChI=1S/C17H19N3O2S/c1-10(2)20-16(21)9-15(19-17(20)22)18-11(3)12-4-5-14-13(8-12)6-7-23-14/h4-11,18H,1-3H3,(H,19,22)/t11-/m0/s1. The Bertz CT molecular complexity index is 921. The van der Waals surface area contributed by atoms with Gasteiger partial charge in [-0.1, -0.05) is 6.07 Å². The molecule has 0 aliphatic rings. The number of aromatic amines is 1. The van der Waals surface area contributed by atoms with Gasteiger partial charge >= 0.3 is 5.69 Å². The number of hydrogen-bond acceptors (Lipinski definition) is 4. The maximum Gasteiger partial charge on any atom is 0.330 e. The van der Waals surface area contributed by atoms with Crippen LogP contribution in [0, 0.1) is 0 Å². The highest BCUT2D eigenvalue weighted by Gasteiger charge is 2.11. The fourth-order valence-corrected chi connectivity index (χ4v) is 3.41. The second kappa shape index (κ2) is 6.04. The fourth-order valence-electron chi connectivity index (χ4n) is 2.64. The van der Waals surface area contributed by atoms with Crippen molar-refractivity contribution < 1.29 is 0 Å². The molecule has 0 unspecified atom stereocenters. The maximum absolute atomic E-state index is 12.1. The molecule has 5 nitrogen and oxygen atoms in total. The number of thiophene rings is 1. The Morgan fingerprint density at radius 1 is 1.13 bits per heavy atom. The van der Waals surface area contributed by atoms with E-state index in [4.69, 9.17) is 0 Å². The highest BCUT2D eigenvalue weighted by Crippen LogP contribution is 2.25. The van der Waals surface area contributed by atoms with Crippen molar-refractivity contribution in [2.75, 3.05) is 5.32 Å². The van der Waals surface area contributed by atoms with Crippen molar-refractivity contribution in [2.45, 2.75) is 32.9 Å². The molecule has 6 heteroatoms. The molecule has 3 rings (SSSR count). The third kappa shape index (κ3) is 3.07. The lowest BCUT2D eigenvalue weighted by Crippen LogP contribution is -2.36. The lowest BCUT2D eigenvalue weighted by atomic mass is 10.1. The Kier molecular flexibility index (Phi) is 4.09. The van der Waals surface area contributed by atoms with E-state index < -0.39 is 5.69 Å². The van der Waals surface area contributed by atoms with Crippen LogP contribution in [0.25, 0.3) is 10.1 Å². The van der Waals surface area contributed by atoms with Crippen LogP contribution in [0.2, 0.25) is 0 Å². The van der Waals surface area contributed by atoms with Gasteiger partial charge in [0.1, 0.15) is 5.82 Å². The smallest absolute Gasteiger partial charge is 0.330 e. The predicted octanol–water partition coefficient (Wildman–Crippen LogP) is 3.51. The van der Waals surface area contributed by atoms with Crippen molar-refractivity contribution in [1.29, 1.82) is 0 Å². The molecule has 23 heavy (non-hydrogen) atoms. The Morgan fingerprint density at radius 2 is 1.91 bits per heavy atom. The number of aromatic nitrogens is 2. The molecule has 1 atom stereocenters. The topological polar surface area (TPSA) is 66.9 Å². The van der Waals surface area contributed by atoms with Gasteiger partial charge in [0.15, 0.2) is 0 Å². The molecular weight excluding hydrogens is 310 g/mol. The quantitative estimate of drug-likeness (QED) is 0.770. The summed E-state index contributed by atoms with van der Waals surface area (Å²) in [7, 11) is 0. The molecule has 2 heterocycles. The Hall–Kier alpha value is -2.34. The average molecular weight is 329 g/mol. The largest absolute Gasteiger partial charge is 0.365 e. The van der Waals surface area contributed by atoms with Gasteiger partial charge in [-0.3, -0.25) is 14.3 Å². The van der Waals surface area contributed by atoms with Gasteiger partial charge < -0.3 is 5.32 Å². The third-order valence-corrected chi connectivity index (χ3v) is 4.73. The molecule has 0 saturated heterocycles. The van der Waals surface area contributed by atoms with Crippen LogP contribution < -0.4 is 16.6 Å². The summed E-state index contributed by atoms with van der Waals surface area (Å²) >= 11 is 1.71. The van der Waals surface area contributed by atoms with Gasteiger partial charge in [0, 0.05) is 22.8 Å². The van der Waals surface area contributed by atoms with Gasteiger partial charge in [-0.2, -0.15) is 0 Å². The highest BCUT2D eigenvalue weighted by molar-refractivity contribution is 7.17. The van der Waals surface area contributed by atoms with Crippen LogP contribution in [-0.4, -0.2) is 9.55 Å². The fraction of sp³-hybridized carbons (Fsp3) is 0.294. The summed E-state index contributed by atoms with van der Waals surface area (Å²) in [5, 5.41) is 6.46. The Balaban J connectivity index is 1.89. The van der Waals surface area contributed by atoms with Crippen LogP contribution in [0.4, 0.5) is 5.82 Å². The van der Waals surface area contributed by atoms with Gasteiger partial charge in [-0.05, 0) is 55.3 Å². The molecule has 0 fully saturated rings. The molecule has 0 bridgehead atoms. The summed E-state index contributed by atoms with van der Waals surface area (Å²) < 4.78 is 2.45. The monoisotopic (exact) mass is 329 g/mol. The van der Waals surface area contributed by atoms with Crippen molar-refractivity contribution in [2.24, 2.45) is 0 Å². The van der Waals surface area contributed by atoms with Crippen molar-refractivity contribution in [3.05, 3.63) is 62.1 Å². The first-order valence-corrected chi connectivity index (χ1v) is 8.43. The second-order valence-electron chi connectivity index (χ2n) is 5.87. The number of anilines is 1. The number of nitrogens with zero attached hydrogens (tertiary/aromatic N) is 1. The van der Waals surface area contributed by atoms with Crippen LogP contribution in [0.3, 0.4) is 0 Å². The van der Waals surface area contributed by atoms with Crippen LogP contribution in [0.15, 0.2) is 45.3 Å². The van der Waals surface area contributed by atoms with Crippen LogP contribution in [0.5, 0.6) is 0 Å². The van der Waals surface area contributed by atoms with Gasteiger partial charge in [-0.15, -0.1) is 11.3 Å². The first-order valence-electron chi connectivity index (χ1n) is 7.55. The van der Waals surface area contributed by atoms with E-state index in [1.165, 1.54) is 20.7 Å². The summed E-state index contributed by atoms with van der Waals surface area (Å²) in [6, 6.07) is 9.60. The molecular formula is C17H19N3O2S. The van der Waals surface area contributed by atoms with E-state index in [1.807, 2.05) is 20.8 Å². The SMILES string of the molecule is CC(C)n1c(=O)cc(N[C@@H](C)c2ccc3sccc3c2)[nH]c1=O. The summed E-state index contributed by atoms with van der Waals surface area (Å²) in [4.78, 5) is 26.8. The lowest BCUT2D eigenvalue weighted by Gasteiger charge is -2.16. The van der Waals surface area contributed by atoms with Gasteiger partial charge in [0.2, 0.25) is 0 Å². The number of H-pyrrole nitrogens is 1. The molecule has 0 saturated carbocycles. The van der Waals surface area contributed by atoms with Gasteiger partial charge in [0.05, 0.1) is 0 Å². The molecule has 120 valence electrons. The van der Waals surface area contributed by atoms with Crippen molar-refractivity contribution >= 4 is 27.2 Å². The van der Waals surface area contributed by atoms with Gasteiger partial charge in [-0.25, -0.2) is 4.79 Å². The third-order valence-electron chi connectivity index (χ3n) is 3.83. The highest BCUT2D eigenvalue weighted by atomic mass is 32.1. The number of rotatable bonds is 4. The summed E-state index contributed by atoms with van der Waals surface area (Å²) in [6.07, 6.45) is 0. The second-order valence-corrected chi connectivity index (χ2v) is 6.82. The minimum atomic E-state index is -0.393. The van der Waals surface area contributed by atoms with E-state index in [1.54, 1.807) is 11.3 Å². The predicted molar refractivity (Wildman–Crippen MR) is 95.6 cm³/mol. The summed E-state index contributed by atoms with van der Waals surface area (Å²) in [6.45, 7) is 5.62. The number of nitrogens with one attached hydrogen (secondary N) is 2. The summed E-state index contributed by atoms with van der Waals surface area (Å²) in [5.74, 6) is 0.440. The first kappa shape index (κ1) is 15.6. The molecule has 2 N–H and O–H groups in total. The van der Waals surface area contributed by atoms with Crippen LogP contribution in [-0.2, 0) is 0 Å². The number of fused-ring (bicyclic) bond motifs is 1. The van der Waals surface area contributed by atoms with E-state index in [-0.39, 0.29) is 17.6 Å². The molecule has 0 amide bonds. The molecule has 0 spiro atoms. The van der Waals surface area contributed by atoms with Crippen molar-refractivity contribution in [1.82, 2.24) is 9.55 Å². The van der Waals surface area contributed by atoms with Crippen molar-refractivity contribution in [3.8, 4) is 0 Å². The van der Waals surface area contributed by atoms with Crippen LogP contribution in [0.1, 0.15) is 38.4 Å². The zero-order chi connectivity index (χ0) is 16.6. The number of benzene rings is 1. The maximum atomic E-state index is 12.1. The molecule has 0 aliphatic heterocycles.